The Bertz CT molecular complexity index is 1590. The highest BCUT2D eigenvalue weighted by Crippen LogP contribution is 2.31. The van der Waals surface area contributed by atoms with Crippen molar-refractivity contribution in [2.45, 2.75) is 6.04 Å². The first-order chi connectivity index (χ1) is 19.9. The van der Waals surface area contributed by atoms with Gasteiger partial charge in [0.05, 0.1) is 24.8 Å². The van der Waals surface area contributed by atoms with Gasteiger partial charge in [0.1, 0.15) is 11.6 Å². The predicted molar refractivity (Wildman–Crippen MR) is 156 cm³/mol. The highest BCUT2D eigenvalue weighted by atomic mass is 19.1. The fraction of sp³-hybridized carbons (Fsp3) is 0.241. The molecule has 11 nitrogen and oxygen atoms in total. The van der Waals surface area contributed by atoms with E-state index >= 15 is 0 Å². The number of nitrogens with one attached hydrogen (secondary N) is 4. The van der Waals surface area contributed by atoms with Crippen molar-refractivity contribution < 1.29 is 18.7 Å². The van der Waals surface area contributed by atoms with E-state index in [0.29, 0.717) is 37.7 Å². The molecule has 210 valence electrons. The van der Waals surface area contributed by atoms with E-state index < -0.39 is 12.0 Å². The van der Waals surface area contributed by atoms with Gasteiger partial charge in [-0.1, -0.05) is 18.7 Å². The summed E-state index contributed by atoms with van der Waals surface area (Å²) >= 11 is 0. The third-order valence-electron chi connectivity index (χ3n) is 7.09. The van der Waals surface area contributed by atoms with E-state index in [9.17, 15) is 14.0 Å². The number of hydrogen-bond donors (Lipinski definition) is 4. The van der Waals surface area contributed by atoms with E-state index in [4.69, 9.17) is 4.74 Å². The molecule has 0 spiro atoms. The van der Waals surface area contributed by atoms with Gasteiger partial charge in [-0.05, 0) is 35.9 Å². The topological polar surface area (TPSA) is 128 Å². The smallest absolute Gasteiger partial charge is 0.324 e. The van der Waals surface area contributed by atoms with Crippen LogP contribution in [0.5, 0.6) is 0 Å². The number of aromatic amines is 1. The average molecular weight is 557 g/mol. The van der Waals surface area contributed by atoms with Gasteiger partial charge in [-0.25, -0.2) is 14.8 Å². The number of amides is 3. The molecular weight excluding hydrogens is 527 g/mol. The molecule has 6 rings (SSSR count). The molecular formula is C29H29FN8O3. The minimum Gasteiger partial charge on any atom is -0.378 e. The second-order valence-corrected chi connectivity index (χ2v) is 9.88. The van der Waals surface area contributed by atoms with Crippen LogP contribution in [-0.4, -0.2) is 72.3 Å². The number of pyridine rings is 2. The maximum atomic E-state index is 14.2. The molecule has 2 saturated heterocycles. The molecule has 4 N–H and O–H groups in total. The summed E-state index contributed by atoms with van der Waals surface area (Å²) in [5, 5.41) is 9.19. The fourth-order valence-electron chi connectivity index (χ4n) is 5.00. The van der Waals surface area contributed by atoms with Crippen molar-refractivity contribution in [3.63, 3.8) is 0 Å². The SMILES string of the molecule is C=CC(=O)NC1CN(c2cc(F)nc(NC(=O)Nc3ccc(-c4cc5c(N6CCOCC6)nccc5[nH]4)cc3)c2)C1. The van der Waals surface area contributed by atoms with Crippen molar-refractivity contribution in [2.75, 3.05) is 59.8 Å². The molecule has 0 radical (unpaired) electrons. The summed E-state index contributed by atoms with van der Waals surface area (Å²) in [4.78, 5) is 40.1. The van der Waals surface area contributed by atoms with Crippen molar-refractivity contribution in [3.05, 3.63) is 73.3 Å². The van der Waals surface area contributed by atoms with Gasteiger partial charge >= 0.3 is 6.03 Å². The van der Waals surface area contributed by atoms with Crippen molar-refractivity contribution >= 4 is 45.9 Å². The lowest BCUT2D eigenvalue weighted by molar-refractivity contribution is -0.117. The number of hydrogen-bond acceptors (Lipinski definition) is 7. The van der Waals surface area contributed by atoms with E-state index in [2.05, 4.69) is 48.4 Å². The predicted octanol–water partition coefficient (Wildman–Crippen LogP) is 3.74. The number of H-pyrrole nitrogens is 1. The van der Waals surface area contributed by atoms with Crippen molar-refractivity contribution in [1.82, 2.24) is 20.3 Å². The Morgan fingerprint density at radius 2 is 1.83 bits per heavy atom. The summed E-state index contributed by atoms with van der Waals surface area (Å²) in [7, 11) is 0. The van der Waals surface area contributed by atoms with Gasteiger partial charge in [-0.3, -0.25) is 10.1 Å². The lowest BCUT2D eigenvalue weighted by Crippen LogP contribution is -2.59. The van der Waals surface area contributed by atoms with Crippen LogP contribution in [0.15, 0.2) is 67.4 Å². The first kappa shape index (κ1) is 26.3. The highest BCUT2D eigenvalue weighted by molar-refractivity contribution is 6.00. The van der Waals surface area contributed by atoms with E-state index in [1.165, 1.54) is 12.1 Å². The largest absolute Gasteiger partial charge is 0.378 e. The summed E-state index contributed by atoms with van der Waals surface area (Å²) in [5.41, 5.74) is 4.01. The van der Waals surface area contributed by atoms with Gasteiger partial charge in [0, 0.05) is 67.0 Å². The second-order valence-electron chi connectivity index (χ2n) is 9.88. The Morgan fingerprint density at radius 3 is 2.59 bits per heavy atom. The number of morpholine rings is 1. The quantitative estimate of drug-likeness (QED) is 0.202. The number of fused-ring (bicyclic) bond motifs is 1. The van der Waals surface area contributed by atoms with Gasteiger partial charge in [0.2, 0.25) is 11.9 Å². The molecule has 3 amide bonds. The van der Waals surface area contributed by atoms with Crippen molar-refractivity contribution in [3.8, 4) is 11.3 Å². The lowest BCUT2D eigenvalue weighted by Gasteiger charge is -2.41. The fourth-order valence-corrected chi connectivity index (χ4v) is 5.00. The third kappa shape index (κ3) is 5.82. The molecule has 12 heteroatoms. The van der Waals surface area contributed by atoms with E-state index in [0.717, 1.165) is 41.1 Å². The monoisotopic (exact) mass is 556 g/mol. The lowest BCUT2D eigenvalue weighted by atomic mass is 10.1. The van der Waals surface area contributed by atoms with E-state index in [1.54, 1.807) is 24.4 Å². The summed E-state index contributed by atoms with van der Waals surface area (Å²) in [6, 6.07) is 13.7. The van der Waals surface area contributed by atoms with Gasteiger partial charge in [-0.15, -0.1) is 0 Å². The average Bonchev–Trinajstić information content (AvgIpc) is 3.39. The number of nitrogens with zero attached hydrogens (tertiary/aromatic N) is 4. The molecule has 2 aliphatic rings. The molecule has 2 aliphatic heterocycles. The van der Waals surface area contributed by atoms with Gasteiger partial charge in [0.15, 0.2) is 0 Å². The van der Waals surface area contributed by atoms with Crippen LogP contribution in [0.25, 0.3) is 22.2 Å². The minimum atomic E-state index is -0.717. The standard InChI is InChI=1S/C29H29FN8O3/c1-2-27(39)32-20-16-38(17-20)21-13-25(30)35-26(14-21)36-29(40)33-19-5-3-18(4-6-19)24-15-22-23(34-24)7-8-31-28(22)37-9-11-41-12-10-37/h2-8,13-15,20,34H,1,9-12,16-17H2,(H,32,39)(H2,33,35,36,40). The van der Waals surface area contributed by atoms with Crippen LogP contribution in [0, 0.1) is 5.95 Å². The highest BCUT2D eigenvalue weighted by Gasteiger charge is 2.28. The number of halogens is 1. The first-order valence-corrected chi connectivity index (χ1v) is 13.3. The Labute approximate surface area is 235 Å². The van der Waals surface area contributed by atoms with Crippen LogP contribution in [0.3, 0.4) is 0 Å². The molecule has 5 heterocycles. The molecule has 0 unspecified atom stereocenters. The van der Waals surface area contributed by atoms with Crippen LogP contribution in [0.4, 0.5) is 32.2 Å². The molecule has 0 aliphatic carbocycles. The summed E-state index contributed by atoms with van der Waals surface area (Å²) < 4.78 is 19.7. The van der Waals surface area contributed by atoms with Crippen LogP contribution >= 0.6 is 0 Å². The number of aromatic nitrogens is 3. The van der Waals surface area contributed by atoms with E-state index in [-0.39, 0.29) is 17.8 Å². The number of carbonyl (C=O) groups is 2. The summed E-state index contributed by atoms with van der Waals surface area (Å²) in [6.07, 6.45) is 3.02. The van der Waals surface area contributed by atoms with Crippen LogP contribution in [-0.2, 0) is 9.53 Å². The Hall–Kier alpha value is -4.97. The number of ether oxygens (including phenoxy) is 1. The van der Waals surface area contributed by atoms with Crippen LogP contribution < -0.4 is 25.8 Å². The second kappa shape index (κ2) is 11.3. The number of rotatable bonds is 7. The number of benzene rings is 1. The molecule has 4 aromatic rings. The maximum Gasteiger partial charge on any atom is 0.324 e. The summed E-state index contributed by atoms with van der Waals surface area (Å²) in [6.45, 7) is 7.44. The number of urea groups is 1. The van der Waals surface area contributed by atoms with Gasteiger partial charge in [0.25, 0.3) is 0 Å². The van der Waals surface area contributed by atoms with Crippen molar-refractivity contribution in [2.24, 2.45) is 0 Å². The molecule has 0 bridgehead atoms. The number of carbonyl (C=O) groups excluding carboxylic acids is 2. The molecule has 0 atom stereocenters. The zero-order chi connectivity index (χ0) is 28.3. The normalized spacial score (nSPS) is 15.3. The molecule has 0 saturated carbocycles. The van der Waals surface area contributed by atoms with Gasteiger partial charge in [-0.2, -0.15) is 4.39 Å². The minimum absolute atomic E-state index is 0.0488. The van der Waals surface area contributed by atoms with Crippen LogP contribution in [0.1, 0.15) is 0 Å². The zero-order valence-electron chi connectivity index (χ0n) is 22.2. The summed E-state index contributed by atoms with van der Waals surface area (Å²) in [5.74, 6) is 0.0476. The first-order valence-electron chi connectivity index (χ1n) is 13.3. The van der Waals surface area contributed by atoms with Crippen LogP contribution in [0.2, 0.25) is 0 Å². The zero-order valence-corrected chi connectivity index (χ0v) is 22.2. The Balaban J connectivity index is 1.09. The Morgan fingerprint density at radius 1 is 1.05 bits per heavy atom. The molecule has 3 aromatic heterocycles. The third-order valence-corrected chi connectivity index (χ3v) is 7.09. The van der Waals surface area contributed by atoms with Gasteiger partial charge < -0.3 is 30.2 Å². The molecule has 41 heavy (non-hydrogen) atoms. The number of anilines is 4. The van der Waals surface area contributed by atoms with E-state index in [1.807, 2.05) is 23.1 Å². The van der Waals surface area contributed by atoms with Crippen molar-refractivity contribution in [1.29, 1.82) is 0 Å². The Kier molecular flexibility index (Phi) is 7.21. The molecule has 2 fully saturated rings. The maximum absolute atomic E-state index is 14.2. The molecule has 1 aromatic carbocycles.